The van der Waals surface area contributed by atoms with Crippen molar-refractivity contribution in [2.75, 3.05) is 13.7 Å². The molecule has 0 spiro atoms. The zero-order valence-corrected chi connectivity index (χ0v) is 12.9. The third-order valence-corrected chi connectivity index (χ3v) is 5.82. The van der Waals surface area contributed by atoms with E-state index in [1.807, 2.05) is 6.92 Å². The summed E-state index contributed by atoms with van der Waals surface area (Å²) in [4.78, 5) is 0.284. The molecule has 2 unspecified atom stereocenters. The second-order valence-corrected chi connectivity index (χ2v) is 7.13. The van der Waals surface area contributed by atoms with Crippen molar-refractivity contribution in [3.8, 4) is 0 Å². The van der Waals surface area contributed by atoms with Gasteiger partial charge in [-0.1, -0.05) is 0 Å². The molecular weight excluding hydrogens is 288 g/mol. The van der Waals surface area contributed by atoms with Crippen LogP contribution in [-0.4, -0.2) is 43.1 Å². The Morgan fingerprint density at radius 1 is 1.58 bits per heavy atom. The quantitative estimate of drug-likeness (QED) is 0.793. The van der Waals surface area contributed by atoms with Gasteiger partial charge in [0.25, 0.3) is 0 Å². The van der Waals surface area contributed by atoms with E-state index >= 15 is 0 Å². The standard InChI is InChI=1S/C12H19ClN2O3S/c1-9-12(4-5-18-9)15(3)19(16,17)11-6-10(7-13)14(2)8-11/h6,8-9,12H,4-5,7H2,1-3H3. The van der Waals surface area contributed by atoms with Crippen LogP contribution in [0.1, 0.15) is 19.0 Å². The fraction of sp³-hybridized carbons (Fsp3) is 0.667. The highest BCUT2D eigenvalue weighted by Gasteiger charge is 2.35. The molecule has 2 rings (SSSR count). The van der Waals surface area contributed by atoms with E-state index < -0.39 is 10.0 Å². The zero-order valence-electron chi connectivity index (χ0n) is 11.3. The second-order valence-electron chi connectivity index (χ2n) is 4.86. The highest BCUT2D eigenvalue weighted by molar-refractivity contribution is 7.89. The number of hydrogen-bond acceptors (Lipinski definition) is 3. The Morgan fingerprint density at radius 3 is 2.74 bits per heavy atom. The van der Waals surface area contributed by atoms with Crippen LogP contribution in [0.15, 0.2) is 17.2 Å². The lowest BCUT2D eigenvalue weighted by atomic mass is 10.2. The maximum absolute atomic E-state index is 12.6. The third-order valence-electron chi connectivity index (χ3n) is 3.70. The largest absolute Gasteiger partial charge is 0.377 e. The molecule has 2 atom stereocenters. The van der Waals surface area contributed by atoms with Crippen molar-refractivity contribution >= 4 is 21.6 Å². The molecule has 0 N–H and O–H groups in total. The van der Waals surface area contributed by atoms with Crippen LogP contribution >= 0.6 is 11.6 Å². The Morgan fingerprint density at radius 2 is 2.26 bits per heavy atom. The Kier molecular flexibility index (Phi) is 4.25. The Labute approximate surface area is 119 Å². The second kappa shape index (κ2) is 5.44. The van der Waals surface area contributed by atoms with Crippen LogP contribution in [0.3, 0.4) is 0 Å². The van der Waals surface area contributed by atoms with E-state index in [0.29, 0.717) is 12.5 Å². The molecule has 19 heavy (non-hydrogen) atoms. The predicted octanol–water partition coefficient (Wildman–Crippen LogP) is 1.56. The van der Waals surface area contributed by atoms with Gasteiger partial charge in [-0.3, -0.25) is 0 Å². The van der Waals surface area contributed by atoms with E-state index in [1.54, 1.807) is 30.9 Å². The fourth-order valence-corrected chi connectivity index (χ4v) is 4.20. The normalized spacial score (nSPS) is 24.3. The van der Waals surface area contributed by atoms with E-state index in [4.69, 9.17) is 16.3 Å². The molecule has 1 fully saturated rings. The molecule has 1 aliphatic heterocycles. The molecule has 0 saturated carbocycles. The van der Waals surface area contributed by atoms with Crippen LogP contribution in [0.25, 0.3) is 0 Å². The van der Waals surface area contributed by atoms with Gasteiger partial charge < -0.3 is 9.30 Å². The molecule has 1 aliphatic rings. The van der Waals surface area contributed by atoms with Crippen molar-refractivity contribution in [2.45, 2.75) is 36.3 Å². The van der Waals surface area contributed by atoms with Gasteiger partial charge in [0.05, 0.1) is 18.0 Å². The Balaban J connectivity index is 2.30. The first-order chi connectivity index (χ1) is 8.87. The van der Waals surface area contributed by atoms with E-state index in [2.05, 4.69) is 0 Å². The van der Waals surface area contributed by atoms with Gasteiger partial charge in [0.1, 0.15) is 4.90 Å². The van der Waals surface area contributed by atoms with Gasteiger partial charge in [0.2, 0.25) is 10.0 Å². The number of aromatic nitrogens is 1. The summed E-state index contributed by atoms with van der Waals surface area (Å²) in [5, 5.41) is 0. The summed E-state index contributed by atoms with van der Waals surface area (Å²) in [6, 6.07) is 1.52. The first-order valence-electron chi connectivity index (χ1n) is 6.18. The third kappa shape index (κ3) is 2.67. The van der Waals surface area contributed by atoms with Crippen LogP contribution in [0.5, 0.6) is 0 Å². The van der Waals surface area contributed by atoms with E-state index in [-0.39, 0.29) is 17.0 Å². The first kappa shape index (κ1) is 14.8. The van der Waals surface area contributed by atoms with Crippen LogP contribution in [-0.2, 0) is 27.7 Å². The van der Waals surface area contributed by atoms with E-state index in [9.17, 15) is 8.42 Å². The summed E-state index contributed by atoms with van der Waals surface area (Å²) >= 11 is 5.78. The number of aryl methyl sites for hydroxylation is 1. The topological polar surface area (TPSA) is 51.5 Å². The number of sulfonamides is 1. The molecule has 108 valence electrons. The van der Waals surface area contributed by atoms with Crippen molar-refractivity contribution in [3.63, 3.8) is 0 Å². The molecule has 0 aliphatic carbocycles. The smallest absolute Gasteiger partial charge is 0.244 e. The SMILES string of the molecule is CC1OCCC1N(C)S(=O)(=O)c1cc(CCl)n(C)c1. The predicted molar refractivity (Wildman–Crippen MR) is 73.7 cm³/mol. The lowest BCUT2D eigenvalue weighted by Gasteiger charge is -2.25. The zero-order chi connectivity index (χ0) is 14.2. The number of alkyl halides is 1. The Bertz CT molecular complexity index is 555. The summed E-state index contributed by atoms with van der Waals surface area (Å²) in [5.41, 5.74) is 0.782. The number of ether oxygens (including phenoxy) is 1. The van der Waals surface area contributed by atoms with Gasteiger partial charge in [-0.25, -0.2) is 8.42 Å². The van der Waals surface area contributed by atoms with Crippen molar-refractivity contribution in [3.05, 3.63) is 18.0 Å². The minimum absolute atomic E-state index is 0.0732. The molecular formula is C12H19ClN2O3S. The fourth-order valence-electron chi connectivity index (χ4n) is 2.39. The lowest BCUT2D eigenvalue weighted by molar-refractivity contribution is 0.102. The molecule has 0 bridgehead atoms. The van der Waals surface area contributed by atoms with Crippen LogP contribution < -0.4 is 0 Å². The van der Waals surface area contributed by atoms with Gasteiger partial charge in [0.15, 0.2) is 0 Å². The summed E-state index contributed by atoms with van der Waals surface area (Å²) in [5.74, 6) is 0.290. The molecule has 0 radical (unpaired) electrons. The Hall–Kier alpha value is -0.560. The maximum atomic E-state index is 12.6. The van der Waals surface area contributed by atoms with E-state index in [0.717, 1.165) is 12.1 Å². The summed E-state index contributed by atoms with van der Waals surface area (Å²) in [7, 11) is -0.0938. The molecule has 1 saturated heterocycles. The van der Waals surface area contributed by atoms with Crippen molar-refractivity contribution in [2.24, 2.45) is 7.05 Å². The first-order valence-corrected chi connectivity index (χ1v) is 8.16. The van der Waals surface area contributed by atoms with Crippen molar-refractivity contribution in [1.82, 2.24) is 8.87 Å². The number of halogens is 1. The molecule has 1 aromatic rings. The monoisotopic (exact) mass is 306 g/mol. The number of hydrogen-bond donors (Lipinski definition) is 0. The molecule has 5 nitrogen and oxygen atoms in total. The van der Waals surface area contributed by atoms with Crippen LogP contribution in [0, 0.1) is 0 Å². The van der Waals surface area contributed by atoms with Gasteiger partial charge >= 0.3 is 0 Å². The van der Waals surface area contributed by atoms with Crippen LogP contribution in [0.4, 0.5) is 0 Å². The van der Waals surface area contributed by atoms with E-state index in [1.165, 1.54) is 4.31 Å². The maximum Gasteiger partial charge on any atom is 0.244 e. The average molecular weight is 307 g/mol. The number of rotatable bonds is 4. The molecule has 0 amide bonds. The molecule has 1 aromatic heterocycles. The number of likely N-dealkylation sites (N-methyl/N-ethyl adjacent to an activating group) is 1. The number of nitrogens with zero attached hydrogens (tertiary/aromatic N) is 2. The molecule has 2 heterocycles. The van der Waals surface area contributed by atoms with Gasteiger partial charge in [0, 0.05) is 32.6 Å². The molecule has 7 heteroatoms. The van der Waals surface area contributed by atoms with Gasteiger partial charge in [-0.05, 0) is 19.4 Å². The average Bonchev–Trinajstić information content (AvgIpc) is 2.94. The van der Waals surface area contributed by atoms with Gasteiger partial charge in [-0.2, -0.15) is 4.31 Å². The summed E-state index contributed by atoms with van der Waals surface area (Å²) in [6.07, 6.45) is 2.26. The van der Waals surface area contributed by atoms with Crippen molar-refractivity contribution in [1.29, 1.82) is 0 Å². The van der Waals surface area contributed by atoms with Gasteiger partial charge in [-0.15, -0.1) is 11.6 Å². The molecule has 0 aromatic carbocycles. The van der Waals surface area contributed by atoms with Crippen LogP contribution in [0.2, 0.25) is 0 Å². The highest BCUT2D eigenvalue weighted by Crippen LogP contribution is 2.25. The minimum Gasteiger partial charge on any atom is -0.377 e. The minimum atomic E-state index is -3.49. The lowest BCUT2D eigenvalue weighted by Crippen LogP contribution is -2.40. The van der Waals surface area contributed by atoms with Crippen molar-refractivity contribution < 1.29 is 13.2 Å². The summed E-state index contributed by atoms with van der Waals surface area (Å²) in [6.45, 7) is 2.51. The highest BCUT2D eigenvalue weighted by atomic mass is 35.5. The summed E-state index contributed by atoms with van der Waals surface area (Å²) < 4.78 is 33.7.